The maximum atomic E-state index is 6.18. The average molecular weight is 253 g/mol. The minimum atomic E-state index is 0.300. The van der Waals surface area contributed by atoms with Crippen LogP contribution in [0.5, 0.6) is 0 Å². The molecule has 0 spiro atoms. The summed E-state index contributed by atoms with van der Waals surface area (Å²) in [5, 5.41) is 0. The zero-order chi connectivity index (χ0) is 13.2. The molecule has 2 rings (SSSR count). The first kappa shape index (κ1) is 14.3. The Labute approximate surface area is 113 Å². The molecular formula is C15H31N3. The molecule has 2 fully saturated rings. The van der Waals surface area contributed by atoms with Crippen molar-refractivity contribution in [1.29, 1.82) is 0 Å². The third-order valence-corrected chi connectivity index (χ3v) is 5.39. The molecule has 0 aliphatic carbocycles. The van der Waals surface area contributed by atoms with E-state index in [-0.39, 0.29) is 0 Å². The number of rotatable bonds is 4. The van der Waals surface area contributed by atoms with Crippen LogP contribution >= 0.6 is 0 Å². The third kappa shape index (κ3) is 2.73. The number of hydrogen-bond acceptors (Lipinski definition) is 3. The second kappa shape index (κ2) is 5.89. The minimum Gasteiger partial charge on any atom is -0.329 e. The molecule has 0 aromatic rings. The van der Waals surface area contributed by atoms with Crippen molar-refractivity contribution in [3.05, 3.63) is 0 Å². The second-order valence-electron chi connectivity index (χ2n) is 6.60. The van der Waals surface area contributed by atoms with Crippen LogP contribution in [-0.2, 0) is 0 Å². The molecule has 2 saturated heterocycles. The van der Waals surface area contributed by atoms with Gasteiger partial charge in [-0.2, -0.15) is 0 Å². The fourth-order valence-corrected chi connectivity index (χ4v) is 3.92. The zero-order valence-electron chi connectivity index (χ0n) is 12.5. The molecule has 0 bridgehead atoms. The van der Waals surface area contributed by atoms with Crippen LogP contribution in [0.4, 0.5) is 0 Å². The normalized spacial score (nSPS) is 39.3. The number of nitrogens with zero attached hydrogens (tertiary/aromatic N) is 2. The Bertz CT molecular complexity index is 268. The lowest BCUT2D eigenvalue weighted by Crippen LogP contribution is -2.60. The molecule has 3 heteroatoms. The van der Waals surface area contributed by atoms with E-state index in [2.05, 4.69) is 30.7 Å². The van der Waals surface area contributed by atoms with Gasteiger partial charge in [0.05, 0.1) is 0 Å². The van der Waals surface area contributed by atoms with E-state index in [1.54, 1.807) is 0 Å². The zero-order valence-corrected chi connectivity index (χ0v) is 12.5. The van der Waals surface area contributed by atoms with E-state index in [1.807, 2.05) is 0 Å². The van der Waals surface area contributed by atoms with Crippen LogP contribution in [0, 0.1) is 5.92 Å². The van der Waals surface area contributed by atoms with Gasteiger partial charge >= 0.3 is 0 Å². The van der Waals surface area contributed by atoms with Crippen LogP contribution in [0.1, 0.15) is 46.0 Å². The molecule has 106 valence electrons. The van der Waals surface area contributed by atoms with Gasteiger partial charge in [-0.15, -0.1) is 0 Å². The smallest absolute Gasteiger partial charge is 0.0358 e. The van der Waals surface area contributed by atoms with Gasteiger partial charge in [-0.1, -0.05) is 13.3 Å². The summed E-state index contributed by atoms with van der Waals surface area (Å²) in [7, 11) is 2.25. The SMILES string of the molecule is CCCC1CCN(C2(CN)CCN(C)C(C)C2)C1. The summed E-state index contributed by atoms with van der Waals surface area (Å²) in [5.74, 6) is 0.924. The van der Waals surface area contributed by atoms with Crippen LogP contribution in [0.15, 0.2) is 0 Å². The summed E-state index contributed by atoms with van der Waals surface area (Å²) < 4.78 is 0. The quantitative estimate of drug-likeness (QED) is 0.831. The molecule has 3 atom stereocenters. The lowest BCUT2D eigenvalue weighted by Gasteiger charge is -2.49. The molecule has 2 aliphatic rings. The first-order chi connectivity index (χ1) is 8.61. The standard InChI is InChI=1S/C15H31N3/c1-4-5-14-6-8-18(11-14)15(12-16)7-9-17(3)13(2)10-15/h13-14H,4-12,16H2,1-3H3. The molecule has 0 aromatic heterocycles. The van der Waals surface area contributed by atoms with Gasteiger partial charge in [-0.05, 0) is 58.7 Å². The molecule has 2 aliphatic heterocycles. The highest BCUT2D eigenvalue weighted by molar-refractivity contribution is 5.00. The molecule has 3 nitrogen and oxygen atoms in total. The first-order valence-electron chi connectivity index (χ1n) is 7.76. The summed E-state index contributed by atoms with van der Waals surface area (Å²) in [6.45, 7) is 9.26. The third-order valence-electron chi connectivity index (χ3n) is 5.39. The Morgan fingerprint density at radius 2 is 2.11 bits per heavy atom. The molecular weight excluding hydrogens is 222 g/mol. The minimum absolute atomic E-state index is 0.300. The van der Waals surface area contributed by atoms with E-state index in [1.165, 1.54) is 51.7 Å². The van der Waals surface area contributed by atoms with Crippen molar-refractivity contribution >= 4 is 0 Å². The van der Waals surface area contributed by atoms with Crippen LogP contribution in [0.2, 0.25) is 0 Å². The summed E-state index contributed by atoms with van der Waals surface area (Å²) in [6.07, 6.45) is 6.61. The van der Waals surface area contributed by atoms with Crippen LogP contribution in [0.3, 0.4) is 0 Å². The van der Waals surface area contributed by atoms with Gasteiger partial charge in [-0.3, -0.25) is 4.90 Å². The Kier molecular flexibility index (Phi) is 4.68. The van der Waals surface area contributed by atoms with Crippen LogP contribution in [-0.4, -0.2) is 54.6 Å². The van der Waals surface area contributed by atoms with Crippen molar-refractivity contribution < 1.29 is 0 Å². The topological polar surface area (TPSA) is 32.5 Å². The van der Waals surface area contributed by atoms with Crippen molar-refractivity contribution in [3.63, 3.8) is 0 Å². The van der Waals surface area contributed by atoms with Crippen molar-refractivity contribution in [2.24, 2.45) is 11.7 Å². The van der Waals surface area contributed by atoms with Crippen molar-refractivity contribution in [1.82, 2.24) is 9.80 Å². The van der Waals surface area contributed by atoms with Gasteiger partial charge in [0.25, 0.3) is 0 Å². The van der Waals surface area contributed by atoms with E-state index in [9.17, 15) is 0 Å². The molecule has 2 heterocycles. The van der Waals surface area contributed by atoms with Gasteiger partial charge in [0, 0.05) is 24.7 Å². The number of piperidine rings is 1. The summed E-state index contributed by atoms with van der Waals surface area (Å²) in [4.78, 5) is 5.21. The highest BCUT2D eigenvalue weighted by atomic mass is 15.3. The Morgan fingerprint density at radius 1 is 1.33 bits per heavy atom. The van der Waals surface area contributed by atoms with Crippen molar-refractivity contribution in [2.75, 3.05) is 33.2 Å². The highest BCUT2D eigenvalue weighted by Gasteiger charge is 2.43. The monoisotopic (exact) mass is 253 g/mol. The highest BCUT2D eigenvalue weighted by Crippen LogP contribution is 2.35. The van der Waals surface area contributed by atoms with Gasteiger partial charge in [0.2, 0.25) is 0 Å². The second-order valence-corrected chi connectivity index (χ2v) is 6.60. The van der Waals surface area contributed by atoms with E-state index in [4.69, 9.17) is 5.73 Å². The number of hydrogen-bond donors (Lipinski definition) is 1. The molecule has 3 unspecified atom stereocenters. The molecule has 2 N–H and O–H groups in total. The fraction of sp³-hybridized carbons (Fsp3) is 1.00. The fourth-order valence-electron chi connectivity index (χ4n) is 3.92. The predicted molar refractivity (Wildman–Crippen MR) is 77.7 cm³/mol. The number of nitrogens with two attached hydrogens (primary N) is 1. The molecule has 0 saturated carbocycles. The van der Waals surface area contributed by atoms with Gasteiger partial charge in [0.1, 0.15) is 0 Å². The Hall–Kier alpha value is -0.120. The van der Waals surface area contributed by atoms with E-state index in [0.717, 1.165) is 12.5 Å². The Balaban J connectivity index is 2.00. The lowest BCUT2D eigenvalue weighted by molar-refractivity contribution is 0.0229. The predicted octanol–water partition coefficient (Wildman–Crippen LogP) is 1.92. The van der Waals surface area contributed by atoms with Gasteiger partial charge < -0.3 is 10.6 Å². The molecule has 0 radical (unpaired) electrons. The maximum absolute atomic E-state index is 6.18. The summed E-state index contributed by atoms with van der Waals surface area (Å²) in [6, 6.07) is 0.674. The van der Waals surface area contributed by atoms with Gasteiger partial charge in [-0.25, -0.2) is 0 Å². The van der Waals surface area contributed by atoms with E-state index >= 15 is 0 Å². The molecule has 0 aromatic carbocycles. The lowest BCUT2D eigenvalue weighted by atomic mass is 9.82. The van der Waals surface area contributed by atoms with Crippen molar-refractivity contribution in [2.45, 2.75) is 57.5 Å². The van der Waals surface area contributed by atoms with Gasteiger partial charge in [0.15, 0.2) is 0 Å². The largest absolute Gasteiger partial charge is 0.329 e. The Morgan fingerprint density at radius 3 is 2.72 bits per heavy atom. The van der Waals surface area contributed by atoms with E-state index in [0.29, 0.717) is 11.6 Å². The molecule has 0 amide bonds. The molecule has 18 heavy (non-hydrogen) atoms. The number of likely N-dealkylation sites (tertiary alicyclic amines) is 2. The first-order valence-corrected chi connectivity index (χ1v) is 7.76. The van der Waals surface area contributed by atoms with Crippen LogP contribution < -0.4 is 5.73 Å². The van der Waals surface area contributed by atoms with Crippen LogP contribution in [0.25, 0.3) is 0 Å². The summed E-state index contributed by atoms with van der Waals surface area (Å²) in [5.41, 5.74) is 6.48. The average Bonchev–Trinajstić information content (AvgIpc) is 2.83. The van der Waals surface area contributed by atoms with E-state index < -0.39 is 0 Å². The van der Waals surface area contributed by atoms with Crippen molar-refractivity contribution in [3.8, 4) is 0 Å². The summed E-state index contributed by atoms with van der Waals surface area (Å²) >= 11 is 0. The maximum Gasteiger partial charge on any atom is 0.0358 e.